The molecule has 2 heterocycles. The zero-order chi connectivity index (χ0) is 11.5. The van der Waals surface area contributed by atoms with E-state index in [1.807, 2.05) is 25.5 Å². The molecule has 2 aromatic rings. The van der Waals surface area contributed by atoms with Crippen molar-refractivity contribution < 1.29 is 0 Å². The minimum atomic E-state index is 0.261. The standard InChI is InChI=1S/C11H13ClN2S2/c1-7-6-16-11(10(7)12)8(13-2)5-9-14-3-4-15-9/h3-4,6,8,13H,5H2,1-2H3. The van der Waals surface area contributed by atoms with E-state index in [9.17, 15) is 0 Å². The van der Waals surface area contributed by atoms with E-state index >= 15 is 0 Å². The van der Waals surface area contributed by atoms with Crippen LogP contribution < -0.4 is 5.32 Å². The van der Waals surface area contributed by atoms with Crippen molar-refractivity contribution in [2.45, 2.75) is 19.4 Å². The van der Waals surface area contributed by atoms with Crippen LogP contribution in [0.3, 0.4) is 0 Å². The first-order chi connectivity index (χ1) is 7.72. The molecule has 2 rings (SSSR count). The highest BCUT2D eigenvalue weighted by Crippen LogP contribution is 2.34. The number of aryl methyl sites for hydroxylation is 1. The molecule has 0 bridgehead atoms. The number of halogens is 1. The van der Waals surface area contributed by atoms with Gasteiger partial charge < -0.3 is 5.32 Å². The van der Waals surface area contributed by atoms with Gasteiger partial charge in [0.2, 0.25) is 0 Å². The smallest absolute Gasteiger partial charge is 0.0944 e. The molecule has 0 aliphatic heterocycles. The SMILES string of the molecule is CNC(Cc1nccs1)c1scc(C)c1Cl. The Labute approximate surface area is 108 Å². The van der Waals surface area contributed by atoms with Crippen LogP contribution >= 0.6 is 34.3 Å². The number of likely N-dealkylation sites (N-methyl/N-ethyl adjacent to an activating group) is 1. The minimum Gasteiger partial charge on any atom is -0.312 e. The van der Waals surface area contributed by atoms with Gasteiger partial charge >= 0.3 is 0 Å². The number of nitrogens with zero attached hydrogens (tertiary/aromatic N) is 1. The summed E-state index contributed by atoms with van der Waals surface area (Å²) in [5.74, 6) is 0. The zero-order valence-corrected chi connectivity index (χ0v) is 11.5. The van der Waals surface area contributed by atoms with Crippen LogP contribution in [0, 0.1) is 6.92 Å². The van der Waals surface area contributed by atoms with Gasteiger partial charge in [-0.1, -0.05) is 11.6 Å². The van der Waals surface area contributed by atoms with Gasteiger partial charge in [0.25, 0.3) is 0 Å². The summed E-state index contributed by atoms with van der Waals surface area (Å²) < 4.78 is 0. The lowest BCUT2D eigenvalue weighted by molar-refractivity contribution is 0.600. The highest BCUT2D eigenvalue weighted by Gasteiger charge is 2.17. The first-order valence-corrected chi connectivity index (χ1v) is 7.15. The lowest BCUT2D eigenvalue weighted by Gasteiger charge is -2.13. The number of hydrogen-bond acceptors (Lipinski definition) is 4. The first-order valence-electron chi connectivity index (χ1n) is 5.01. The van der Waals surface area contributed by atoms with Gasteiger partial charge in [-0.25, -0.2) is 4.98 Å². The molecule has 86 valence electrons. The number of rotatable bonds is 4. The summed E-state index contributed by atoms with van der Waals surface area (Å²) in [5, 5.41) is 9.44. The van der Waals surface area contributed by atoms with Crippen molar-refractivity contribution in [2.75, 3.05) is 7.05 Å². The normalized spacial score (nSPS) is 12.9. The van der Waals surface area contributed by atoms with Crippen molar-refractivity contribution in [1.29, 1.82) is 0 Å². The molecule has 1 N–H and O–H groups in total. The maximum Gasteiger partial charge on any atom is 0.0944 e. The molecular weight excluding hydrogens is 260 g/mol. The van der Waals surface area contributed by atoms with E-state index in [0.717, 1.165) is 22.0 Å². The molecule has 0 aliphatic carbocycles. The van der Waals surface area contributed by atoms with Crippen molar-refractivity contribution >= 4 is 34.3 Å². The van der Waals surface area contributed by atoms with Gasteiger partial charge in [-0.2, -0.15) is 0 Å². The van der Waals surface area contributed by atoms with Crippen LogP contribution in [0.15, 0.2) is 17.0 Å². The van der Waals surface area contributed by atoms with Crippen LogP contribution in [0.2, 0.25) is 5.02 Å². The molecule has 0 aliphatic rings. The molecule has 1 atom stereocenters. The highest BCUT2D eigenvalue weighted by atomic mass is 35.5. The Morgan fingerprint density at radius 2 is 2.31 bits per heavy atom. The molecule has 5 heteroatoms. The van der Waals surface area contributed by atoms with Crippen LogP contribution in [0.5, 0.6) is 0 Å². The van der Waals surface area contributed by atoms with Crippen LogP contribution in [0.25, 0.3) is 0 Å². The fraction of sp³-hybridized carbons (Fsp3) is 0.364. The topological polar surface area (TPSA) is 24.9 Å². The zero-order valence-electron chi connectivity index (χ0n) is 9.16. The second-order valence-electron chi connectivity index (χ2n) is 3.57. The van der Waals surface area contributed by atoms with Gasteiger partial charge in [-0.15, -0.1) is 22.7 Å². The van der Waals surface area contributed by atoms with E-state index in [4.69, 9.17) is 11.6 Å². The van der Waals surface area contributed by atoms with E-state index in [0.29, 0.717) is 0 Å². The van der Waals surface area contributed by atoms with Crippen molar-refractivity contribution in [3.8, 4) is 0 Å². The Kier molecular flexibility index (Phi) is 3.97. The van der Waals surface area contributed by atoms with Crippen LogP contribution in [0.1, 0.15) is 21.5 Å². The Morgan fingerprint density at radius 3 is 2.81 bits per heavy atom. The lowest BCUT2D eigenvalue weighted by atomic mass is 10.1. The third-order valence-electron chi connectivity index (χ3n) is 2.45. The molecule has 0 spiro atoms. The average molecular weight is 273 g/mol. The summed E-state index contributed by atoms with van der Waals surface area (Å²) in [6.45, 7) is 2.04. The second-order valence-corrected chi connectivity index (χ2v) is 5.84. The summed E-state index contributed by atoms with van der Waals surface area (Å²) in [6.07, 6.45) is 2.74. The van der Waals surface area contributed by atoms with Crippen LogP contribution in [-0.4, -0.2) is 12.0 Å². The number of thiophene rings is 1. The molecule has 16 heavy (non-hydrogen) atoms. The van der Waals surface area contributed by atoms with E-state index in [2.05, 4.69) is 15.7 Å². The van der Waals surface area contributed by atoms with Crippen molar-refractivity contribution in [1.82, 2.24) is 10.3 Å². The lowest BCUT2D eigenvalue weighted by Crippen LogP contribution is -2.18. The fourth-order valence-corrected chi connectivity index (χ4v) is 3.64. The number of aromatic nitrogens is 1. The second kappa shape index (κ2) is 5.27. The van der Waals surface area contributed by atoms with Crippen molar-refractivity contribution in [2.24, 2.45) is 0 Å². The Morgan fingerprint density at radius 1 is 1.50 bits per heavy atom. The summed E-state index contributed by atoms with van der Waals surface area (Å²) in [7, 11) is 1.96. The predicted molar refractivity (Wildman–Crippen MR) is 71.7 cm³/mol. The van der Waals surface area contributed by atoms with E-state index in [1.165, 1.54) is 4.88 Å². The average Bonchev–Trinajstić information content (AvgIpc) is 2.88. The molecule has 0 saturated heterocycles. The van der Waals surface area contributed by atoms with Gasteiger partial charge in [0.15, 0.2) is 0 Å². The third-order valence-corrected chi connectivity index (χ3v) is 5.08. The molecule has 1 unspecified atom stereocenters. The summed E-state index contributed by atoms with van der Waals surface area (Å²) in [5.41, 5.74) is 1.15. The van der Waals surface area contributed by atoms with Gasteiger partial charge in [0.1, 0.15) is 0 Å². The van der Waals surface area contributed by atoms with Crippen LogP contribution in [-0.2, 0) is 6.42 Å². The maximum atomic E-state index is 6.28. The molecule has 0 amide bonds. The van der Waals surface area contributed by atoms with Crippen molar-refractivity contribution in [3.63, 3.8) is 0 Å². The van der Waals surface area contributed by atoms with Gasteiger partial charge in [-0.05, 0) is 24.9 Å². The molecule has 0 aromatic carbocycles. The number of thiazole rings is 1. The van der Waals surface area contributed by atoms with E-state index in [1.54, 1.807) is 22.7 Å². The molecule has 2 aromatic heterocycles. The third kappa shape index (κ3) is 2.46. The molecule has 0 radical (unpaired) electrons. The summed E-state index contributed by atoms with van der Waals surface area (Å²) in [4.78, 5) is 5.51. The Hall–Kier alpha value is -0.420. The largest absolute Gasteiger partial charge is 0.312 e. The number of nitrogens with one attached hydrogen (secondary N) is 1. The Bertz CT molecular complexity index is 451. The maximum absolute atomic E-state index is 6.28. The molecule has 2 nitrogen and oxygen atoms in total. The Balaban J connectivity index is 2.20. The fourth-order valence-electron chi connectivity index (χ4n) is 1.54. The molecular formula is C11H13ClN2S2. The van der Waals surface area contributed by atoms with Crippen LogP contribution in [0.4, 0.5) is 0 Å². The quantitative estimate of drug-likeness (QED) is 0.919. The first kappa shape index (κ1) is 12.0. The number of hydrogen-bond donors (Lipinski definition) is 1. The van der Waals surface area contributed by atoms with Gasteiger partial charge in [0, 0.05) is 28.9 Å². The van der Waals surface area contributed by atoms with E-state index in [-0.39, 0.29) is 6.04 Å². The highest BCUT2D eigenvalue weighted by molar-refractivity contribution is 7.11. The monoisotopic (exact) mass is 272 g/mol. The van der Waals surface area contributed by atoms with Gasteiger partial charge in [-0.3, -0.25) is 0 Å². The summed E-state index contributed by atoms with van der Waals surface area (Å²) >= 11 is 9.67. The minimum absolute atomic E-state index is 0.261. The molecule has 0 fully saturated rings. The van der Waals surface area contributed by atoms with Crippen molar-refractivity contribution in [3.05, 3.63) is 37.4 Å². The summed E-state index contributed by atoms with van der Waals surface area (Å²) in [6, 6.07) is 0.261. The van der Waals surface area contributed by atoms with E-state index < -0.39 is 0 Å². The molecule has 0 saturated carbocycles. The predicted octanol–water partition coefficient (Wildman–Crippen LogP) is 3.67. The van der Waals surface area contributed by atoms with Gasteiger partial charge in [0.05, 0.1) is 10.0 Å².